The molecule has 1 heterocycles. The zero-order chi connectivity index (χ0) is 17.7. The van der Waals surface area contributed by atoms with Crippen LogP contribution in [-0.4, -0.2) is 45.2 Å². The molecule has 0 saturated heterocycles. The van der Waals surface area contributed by atoms with Gasteiger partial charge in [-0.3, -0.25) is 14.2 Å². The highest BCUT2D eigenvalue weighted by atomic mass is 16.3. The number of benzene rings is 1. The van der Waals surface area contributed by atoms with Crippen LogP contribution in [0.1, 0.15) is 37.0 Å². The van der Waals surface area contributed by atoms with Gasteiger partial charge in [0.2, 0.25) is 0 Å². The number of aromatic amines is 1. The molecule has 24 heavy (non-hydrogen) atoms. The fraction of sp³-hybridized carbons (Fsp3) is 0.471. The first kappa shape index (κ1) is 17.9. The fourth-order valence-corrected chi connectivity index (χ4v) is 2.64. The lowest BCUT2D eigenvalue weighted by Crippen LogP contribution is -2.35. The fourth-order valence-electron chi connectivity index (χ4n) is 2.64. The van der Waals surface area contributed by atoms with Gasteiger partial charge < -0.3 is 15.0 Å². The highest BCUT2D eigenvalue weighted by Crippen LogP contribution is 2.12. The number of nitrogens with one attached hydrogen (secondary N) is 1. The summed E-state index contributed by atoms with van der Waals surface area (Å²) in [6, 6.07) is 4.67. The van der Waals surface area contributed by atoms with Gasteiger partial charge >= 0.3 is 5.69 Å². The predicted molar refractivity (Wildman–Crippen MR) is 92.4 cm³/mol. The van der Waals surface area contributed by atoms with Crippen LogP contribution < -0.4 is 11.2 Å². The molecule has 0 aliphatic rings. The first-order valence-electron chi connectivity index (χ1n) is 8.20. The van der Waals surface area contributed by atoms with Gasteiger partial charge in [0.25, 0.3) is 11.5 Å². The standard InChI is InChI=1S/C17H23N3O4/c1-3-5-8-19(9-10-21)15(22)12-6-7-13-14(11-12)18-17(24)20(4-2)16(13)23/h6-7,11,21H,3-5,8-10H2,1-2H3,(H,18,24). The first-order valence-corrected chi connectivity index (χ1v) is 8.20. The number of hydrogen-bond acceptors (Lipinski definition) is 4. The van der Waals surface area contributed by atoms with E-state index < -0.39 is 5.69 Å². The third-order valence-corrected chi connectivity index (χ3v) is 3.98. The maximum atomic E-state index is 12.6. The summed E-state index contributed by atoms with van der Waals surface area (Å²) in [5, 5.41) is 9.52. The normalized spacial score (nSPS) is 11.0. The summed E-state index contributed by atoms with van der Waals surface area (Å²) in [6.45, 7) is 4.74. The van der Waals surface area contributed by atoms with E-state index >= 15 is 0 Å². The van der Waals surface area contributed by atoms with Gasteiger partial charge in [0.05, 0.1) is 17.5 Å². The predicted octanol–water partition coefficient (Wildman–Crippen LogP) is 0.944. The summed E-state index contributed by atoms with van der Waals surface area (Å²) in [5.74, 6) is -0.222. The van der Waals surface area contributed by atoms with Gasteiger partial charge in [-0.25, -0.2) is 4.79 Å². The second kappa shape index (κ2) is 7.92. The van der Waals surface area contributed by atoms with Crippen molar-refractivity contribution < 1.29 is 9.90 Å². The van der Waals surface area contributed by atoms with Crippen molar-refractivity contribution >= 4 is 16.8 Å². The lowest BCUT2D eigenvalue weighted by molar-refractivity contribution is 0.0719. The van der Waals surface area contributed by atoms with Crippen molar-refractivity contribution in [2.45, 2.75) is 33.2 Å². The van der Waals surface area contributed by atoms with Crippen LogP contribution in [0.15, 0.2) is 27.8 Å². The molecule has 7 nitrogen and oxygen atoms in total. The maximum Gasteiger partial charge on any atom is 0.328 e. The molecule has 0 radical (unpaired) electrons. The average molecular weight is 333 g/mol. The van der Waals surface area contributed by atoms with Crippen LogP contribution in [0.3, 0.4) is 0 Å². The second-order valence-electron chi connectivity index (χ2n) is 5.61. The van der Waals surface area contributed by atoms with E-state index in [1.165, 1.54) is 6.07 Å². The van der Waals surface area contributed by atoms with Gasteiger partial charge in [0.15, 0.2) is 0 Å². The van der Waals surface area contributed by atoms with E-state index in [4.69, 9.17) is 5.11 Å². The third kappa shape index (κ3) is 3.56. The molecule has 0 spiro atoms. The molecule has 2 rings (SSSR count). The Balaban J connectivity index is 2.44. The van der Waals surface area contributed by atoms with Crippen molar-refractivity contribution in [3.8, 4) is 0 Å². The van der Waals surface area contributed by atoms with Gasteiger partial charge in [-0.2, -0.15) is 0 Å². The van der Waals surface area contributed by atoms with Crippen LogP contribution in [-0.2, 0) is 6.54 Å². The molecule has 7 heteroatoms. The first-order chi connectivity index (χ1) is 11.5. The van der Waals surface area contributed by atoms with Crippen molar-refractivity contribution in [3.05, 3.63) is 44.6 Å². The Kier molecular flexibility index (Phi) is 5.92. The van der Waals surface area contributed by atoms with E-state index in [0.29, 0.717) is 23.0 Å². The van der Waals surface area contributed by atoms with Gasteiger partial charge in [-0.15, -0.1) is 0 Å². The van der Waals surface area contributed by atoms with Gasteiger partial charge in [0.1, 0.15) is 0 Å². The molecule has 1 aromatic heterocycles. The maximum absolute atomic E-state index is 12.6. The minimum Gasteiger partial charge on any atom is -0.395 e. The summed E-state index contributed by atoms with van der Waals surface area (Å²) < 4.78 is 1.11. The van der Waals surface area contributed by atoms with Crippen LogP contribution in [0, 0.1) is 0 Å². The van der Waals surface area contributed by atoms with E-state index in [9.17, 15) is 14.4 Å². The largest absolute Gasteiger partial charge is 0.395 e. The van der Waals surface area contributed by atoms with Crippen LogP contribution in [0.4, 0.5) is 0 Å². The lowest BCUT2D eigenvalue weighted by atomic mass is 10.1. The second-order valence-corrected chi connectivity index (χ2v) is 5.61. The molecule has 130 valence electrons. The number of aliphatic hydroxyl groups is 1. The molecule has 0 unspecified atom stereocenters. The summed E-state index contributed by atoms with van der Waals surface area (Å²) in [7, 11) is 0. The Morgan fingerprint density at radius 1 is 1.25 bits per heavy atom. The Hall–Kier alpha value is -2.41. The van der Waals surface area contributed by atoms with Crippen molar-refractivity contribution in [1.29, 1.82) is 0 Å². The smallest absolute Gasteiger partial charge is 0.328 e. The molecule has 0 saturated carbocycles. The molecule has 0 fully saturated rings. The number of fused-ring (bicyclic) bond motifs is 1. The number of amides is 1. The number of carbonyl (C=O) groups excluding carboxylic acids is 1. The number of aliphatic hydroxyl groups excluding tert-OH is 1. The molecule has 1 amide bonds. The summed E-state index contributed by atoms with van der Waals surface area (Å²) in [5.41, 5.74) is -0.123. The topological polar surface area (TPSA) is 95.4 Å². The van der Waals surface area contributed by atoms with E-state index in [0.717, 1.165) is 17.4 Å². The van der Waals surface area contributed by atoms with Crippen LogP contribution in [0.2, 0.25) is 0 Å². The van der Waals surface area contributed by atoms with E-state index in [1.54, 1.807) is 24.0 Å². The zero-order valence-electron chi connectivity index (χ0n) is 14.0. The molecule has 1 aromatic carbocycles. The average Bonchev–Trinajstić information content (AvgIpc) is 2.57. The lowest BCUT2D eigenvalue weighted by Gasteiger charge is -2.21. The summed E-state index contributed by atoms with van der Waals surface area (Å²) >= 11 is 0. The monoisotopic (exact) mass is 333 g/mol. The highest BCUT2D eigenvalue weighted by molar-refractivity contribution is 5.97. The van der Waals surface area contributed by atoms with Crippen LogP contribution in [0.5, 0.6) is 0 Å². The number of carbonyl (C=O) groups is 1. The quantitative estimate of drug-likeness (QED) is 0.788. The summed E-state index contributed by atoms with van der Waals surface area (Å²) in [6.07, 6.45) is 1.79. The molecular formula is C17H23N3O4. The van der Waals surface area contributed by atoms with E-state index in [1.807, 2.05) is 6.92 Å². The minimum atomic E-state index is -0.488. The Labute approximate surface area is 139 Å². The number of hydrogen-bond donors (Lipinski definition) is 2. The van der Waals surface area contributed by atoms with Gasteiger partial charge in [-0.1, -0.05) is 13.3 Å². The Morgan fingerprint density at radius 2 is 2.00 bits per heavy atom. The van der Waals surface area contributed by atoms with Crippen molar-refractivity contribution in [2.24, 2.45) is 0 Å². The molecule has 0 atom stereocenters. The zero-order valence-corrected chi connectivity index (χ0v) is 14.0. The van der Waals surface area contributed by atoms with Gasteiger partial charge in [0, 0.05) is 25.2 Å². The Bertz CT molecular complexity index is 838. The number of unbranched alkanes of at least 4 members (excludes halogenated alkanes) is 1. The SMILES string of the molecule is CCCCN(CCO)C(=O)c1ccc2c(=O)n(CC)c(=O)[nH]c2c1. The summed E-state index contributed by atoms with van der Waals surface area (Å²) in [4.78, 5) is 41.0. The molecular weight excluding hydrogens is 310 g/mol. The number of aromatic nitrogens is 2. The third-order valence-electron chi connectivity index (χ3n) is 3.98. The highest BCUT2D eigenvalue weighted by Gasteiger charge is 2.16. The number of rotatable bonds is 7. The molecule has 0 bridgehead atoms. The van der Waals surface area contributed by atoms with E-state index in [2.05, 4.69) is 4.98 Å². The molecule has 0 aliphatic carbocycles. The molecule has 2 aromatic rings. The number of H-pyrrole nitrogens is 1. The van der Waals surface area contributed by atoms with Crippen molar-refractivity contribution in [3.63, 3.8) is 0 Å². The molecule has 2 N–H and O–H groups in total. The van der Waals surface area contributed by atoms with E-state index in [-0.39, 0.29) is 31.2 Å². The van der Waals surface area contributed by atoms with Crippen molar-refractivity contribution in [2.75, 3.05) is 19.7 Å². The van der Waals surface area contributed by atoms with Crippen LogP contribution in [0.25, 0.3) is 10.9 Å². The molecule has 0 aliphatic heterocycles. The number of nitrogens with zero attached hydrogens (tertiary/aromatic N) is 2. The Morgan fingerprint density at radius 3 is 2.62 bits per heavy atom. The van der Waals surface area contributed by atoms with Gasteiger partial charge in [-0.05, 0) is 31.5 Å². The van der Waals surface area contributed by atoms with Crippen LogP contribution >= 0.6 is 0 Å². The minimum absolute atomic E-state index is 0.110. The van der Waals surface area contributed by atoms with Crippen molar-refractivity contribution in [1.82, 2.24) is 14.5 Å².